The van der Waals surface area contributed by atoms with E-state index in [4.69, 9.17) is 0 Å². The van der Waals surface area contributed by atoms with Gasteiger partial charge in [0, 0.05) is 5.56 Å². The molecule has 1 aromatic heterocycles. The number of halogens is 4. The van der Waals surface area contributed by atoms with E-state index in [1.54, 1.807) is 0 Å². The molecule has 0 unspecified atom stereocenters. The number of nitrogens with one attached hydrogen (secondary N) is 1. The summed E-state index contributed by atoms with van der Waals surface area (Å²) in [5, 5.41) is 21.9. The third-order valence-electron chi connectivity index (χ3n) is 6.19. The van der Waals surface area contributed by atoms with E-state index in [1.165, 1.54) is 11.3 Å². The minimum Gasteiger partial charge on any atom is -0.481 e. The predicted octanol–water partition coefficient (Wildman–Crippen LogP) is 5.89. The van der Waals surface area contributed by atoms with E-state index in [1.807, 2.05) is 31.2 Å². The minimum absolute atomic E-state index is 0.268. The van der Waals surface area contributed by atoms with Crippen molar-refractivity contribution >= 4 is 28.9 Å². The minimum atomic E-state index is -4.72. The second-order valence-corrected chi connectivity index (χ2v) is 9.62. The van der Waals surface area contributed by atoms with E-state index in [0.717, 1.165) is 27.2 Å². The van der Waals surface area contributed by atoms with E-state index < -0.39 is 52.9 Å². The molecular formula is C24H21F4N3O3S. The molecule has 4 rings (SSSR count). The Morgan fingerprint density at radius 2 is 1.80 bits per heavy atom. The number of amides is 1. The molecule has 3 atom stereocenters. The van der Waals surface area contributed by atoms with Gasteiger partial charge in [-0.3, -0.25) is 9.59 Å². The lowest BCUT2D eigenvalue weighted by Crippen LogP contribution is -2.40. The molecule has 1 aliphatic carbocycles. The molecule has 0 saturated heterocycles. The number of carboxylic acids is 1. The predicted molar refractivity (Wildman–Crippen MR) is 121 cm³/mol. The first-order chi connectivity index (χ1) is 16.5. The Balaban J connectivity index is 1.55. The largest absolute Gasteiger partial charge is 0.481 e. The average molecular weight is 508 g/mol. The highest BCUT2D eigenvalue weighted by molar-refractivity contribution is 7.14. The number of rotatable bonds is 5. The summed E-state index contributed by atoms with van der Waals surface area (Å²) >= 11 is 1.43. The number of alkyl halides is 3. The van der Waals surface area contributed by atoms with Crippen molar-refractivity contribution in [2.24, 2.45) is 11.8 Å². The van der Waals surface area contributed by atoms with E-state index in [2.05, 4.69) is 15.5 Å². The van der Waals surface area contributed by atoms with Crippen LogP contribution >= 0.6 is 11.3 Å². The van der Waals surface area contributed by atoms with Gasteiger partial charge in [-0.15, -0.1) is 10.2 Å². The normalized spacial score (nSPS) is 20.4. The molecule has 2 aromatic carbocycles. The Hall–Kier alpha value is -3.34. The van der Waals surface area contributed by atoms with Crippen molar-refractivity contribution < 1.29 is 32.3 Å². The van der Waals surface area contributed by atoms with Crippen LogP contribution in [0.25, 0.3) is 10.6 Å². The number of anilines is 1. The Kier molecular flexibility index (Phi) is 6.88. The number of carbonyl (C=O) groups is 2. The van der Waals surface area contributed by atoms with Crippen molar-refractivity contribution in [3.8, 4) is 10.6 Å². The third kappa shape index (κ3) is 5.34. The molecule has 2 N–H and O–H groups in total. The Morgan fingerprint density at radius 1 is 1.09 bits per heavy atom. The van der Waals surface area contributed by atoms with Gasteiger partial charge in [-0.05, 0) is 49.4 Å². The zero-order valence-corrected chi connectivity index (χ0v) is 19.3. The van der Waals surface area contributed by atoms with Gasteiger partial charge < -0.3 is 10.4 Å². The fraction of sp³-hybridized carbons (Fsp3) is 0.333. The number of carbonyl (C=O) groups excluding carboxylic acids is 1. The standard InChI is InChI=1S/C24H21F4N3O3S/c1-12-30-31-22(35-12)14-7-5-13(6-8-14)16-3-2-4-17(20(16)23(33)34)21(32)29-19-10-9-15(11-18(19)25)24(26,27)28/h5-11,16-17,20H,2-4H2,1H3,(H,29,32)(H,33,34)/t16-,17-,20-/m1/s1. The summed E-state index contributed by atoms with van der Waals surface area (Å²) in [5.74, 6) is -5.64. The number of aliphatic carboxylic acids is 1. The molecule has 35 heavy (non-hydrogen) atoms. The van der Waals surface area contributed by atoms with E-state index in [9.17, 15) is 32.3 Å². The molecule has 1 heterocycles. The van der Waals surface area contributed by atoms with Crippen LogP contribution in [0.4, 0.5) is 23.2 Å². The van der Waals surface area contributed by atoms with Crippen LogP contribution < -0.4 is 5.32 Å². The van der Waals surface area contributed by atoms with Gasteiger partial charge in [-0.25, -0.2) is 4.39 Å². The van der Waals surface area contributed by atoms with Crippen LogP contribution in [0.5, 0.6) is 0 Å². The molecule has 184 valence electrons. The zero-order chi connectivity index (χ0) is 25.3. The van der Waals surface area contributed by atoms with E-state index in [-0.39, 0.29) is 6.42 Å². The summed E-state index contributed by atoms with van der Waals surface area (Å²) in [6, 6.07) is 9.07. The molecule has 0 bridgehead atoms. The fourth-order valence-corrected chi connectivity index (χ4v) is 5.21. The molecule has 0 spiro atoms. The van der Waals surface area contributed by atoms with Gasteiger partial charge >= 0.3 is 12.1 Å². The van der Waals surface area contributed by atoms with Gasteiger partial charge in [0.2, 0.25) is 5.91 Å². The number of aryl methyl sites for hydroxylation is 1. The highest BCUT2D eigenvalue weighted by Gasteiger charge is 2.43. The lowest BCUT2D eigenvalue weighted by molar-refractivity contribution is -0.148. The van der Waals surface area contributed by atoms with Crippen molar-refractivity contribution in [1.29, 1.82) is 0 Å². The highest BCUT2D eigenvalue weighted by Crippen LogP contribution is 2.43. The highest BCUT2D eigenvalue weighted by atomic mass is 32.1. The third-order valence-corrected chi connectivity index (χ3v) is 7.07. The Labute approximate surface area is 202 Å². The number of hydrogen-bond donors (Lipinski definition) is 2. The SMILES string of the molecule is Cc1nnc(-c2ccc([C@H]3CCC[C@@H](C(=O)Nc4ccc(C(F)(F)F)cc4F)[C@@H]3C(=O)O)cc2)s1. The maximum Gasteiger partial charge on any atom is 0.416 e. The fourth-order valence-electron chi connectivity index (χ4n) is 4.51. The quantitative estimate of drug-likeness (QED) is 0.420. The van der Waals surface area contributed by atoms with Crippen molar-refractivity contribution in [3.05, 3.63) is 64.4 Å². The van der Waals surface area contributed by atoms with Crippen molar-refractivity contribution in [2.45, 2.75) is 38.3 Å². The average Bonchev–Trinajstić information content (AvgIpc) is 3.25. The molecule has 1 amide bonds. The monoisotopic (exact) mass is 507 g/mol. The molecule has 0 radical (unpaired) electrons. The van der Waals surface area contributed by atoms with Gasteiger partial charge in [0.05, 0.1) is 23.1 Å². The maximum absolute atomic E-state index is 14.2. The van der Waals surface area contributed by atoms with Gasteiger partial charge in [0.1, 0.15) is 15.8 Å². The second kappa shape index (κ2) is 9.73. The lowest BCUT2D eigenvalue weighted by atomic mass is 9.69. The van der Waals surface area contributed by atoms with Gasteiger partial charge in [0.15, 0.2) is 0 Å². The number of aromatic nitrogens is 2. The van der Waals surface area contributed by atoms with E-state index in [0.29, 0.717) is 25.0 Å². The number of hydrogen-bond acceptors (Lipinski definition) is 5. The van der Waals surface area contributed by atoms with Gasteiger partial charge in [0.25, 0.3) is 0 Å². The first-order valence-corrected chi connectivity index (χ1v) is 11.7. The molecule has 1 saturated carbocycles. The second-order valence-electron chi connectivity index (χ2n) is 8.44. The van der Waals surface area contributed by atoms with Crippen LogP contribution in [0, 0.1) is 24.6 Å². The Bertz CT molecular complexity index is 1240. The topological polar surface area (TPSA) is 92.2 Å². The molecule has 1 fully saturated rings. The van der Waals surface area contributed by atoms with E-state index >= 15 is 0 Å². The molecule has 3 aromatic rings. The summed E-state index contributed by atoms with van der Waals surface area (Å²) in [6.07, 6.45) is -3.34. The maximum atomic E-state index is 14.2. The van der Waals surface area contributed by atoms with Crippen LogP contribution in [0.1, 0.15) is 41.3 Å². The van der Waals surface area contributed by atoms with Crippen LogP contribution in [0.15, 0.2) is 42.5 Å². The summed E-state index contributed by atoms with van der Waals surface area (Å²) in [6.45, 7) is 1.84. The molecule has 11 heteroatoms. The van der Waals surface area contributed by atoms with Crippen LogP contribution in [-0.4, -0.2) is 27.2 Å². The number of nitrogens with zero attached hydrogens (tertiary/aromatic N) is 2. The molecule has 0 aliphatic heterocycles. The van der Waals surface area contributed by atoms with Gasteiger partial charge in [-0.2, -0.15) is 13.2 Å². The smallest absolute Gasteiger partial charge is 0.416 e. The summed E-state index contributed by atoms with van der Waals surface area (Å²) < 4.78 is 52.6. The van der Waals surface area contributed by atoms with Crippen LogP contribution in [0.2, 0.25) is 0 Å². The molecule has 6 nitrogen and oxygen atoms in total. The van der Waals surface area contributed by atoms with Crippen molar-refractivity contribution in [1.82, 2.24) is 10.2 Å². The summed E-state index contributed by atoms with van der Waals surface area (Å²) in [7, 11) is 0. The summed E-state index contributed by atoms with van der Waals surface area (Å²) in [4.78, 5) is 25.2. The van der Waals surface area contributed by atoms with Crippen molar-refractivity contribution in [2.75, 3.05) is 5.32 Å². The van der Waals surface area contributed by atoms with Crippen LogP contribution in [0.3, 0.4) is 0 Å². The van der Waals surface area contributed by atoms with Crippen molar-refractivity contribution in [3.63, 3.8) is 0 Å². The van der Waals surface area contributed by atoms with Gasteiger partial charge in [-0.1, -0.05) is 42.0 Å². The van der Waals surface area contributed by atoms with Crippen LogP contribution in [-0.2, 0) is 15.8 Å². The Morgan fingerprint density at radius 3 is 2.37 bits per heavy atom. The zero-order valence-electron chi connectivity index (χ0n) is 18.5. The molecular weight excluding hydrogens is 486 g/mol. The number of carboxylic acid groups (broad SMARTS) is 1. The first kappa shape index (κ1) is 24.8. The number of benzene rings is 2. The summed E-state index contributed by atoms with van der Waals surface area (Å²) in [5.41, 5.74) is -0.0121. The first-order valence-electron chi connectivity index (χ1n) is 10.9. The molecule has 1 aliphatic rings. The lowest BCUT2D eigenvalue weighted by Gasteiger charge is -2.35.